The number of aliphatic hydroxyl groups is 2. The molecule has 2 atom stereocenters. The predicted octanol–water partition coefficient (Wildman–Crippen LogP) is 7.83. The van der Waals surface area contributed by atoms with E-state index in [0.717, 1.165) is 25.7 Å². The van der Waals surface area contributed by atoms with Crippen LogP contribution in [-0.4, -0.2) is 22.7 Å². The van der Waals surface area contributed by atoms with Gasteiger partial charge in [0.05, 0.1) is 0 Å². The van der Waals surface area contributed by atoms with E-state index in [2.05, 4.69) is 19.2 Å². The summed E-state index contributed by atoms with van der Waals surface area (Å²) in [5.74, 6) is 0. The first-order valence-electron chi connectivity index (χ1n) is 13.3. The first-order valence-corrected chi connectivity index (χ1v) is 13.3. The highest BCUT2D eigenvalue weighted by molar-refractivity contribution is 4.60. The van der Waals surface area contributed by atoms with Crippen LogP contribution < -0.4 is 5.32 Å². The second-order valence-electron chi connectivity index (χ2n) is 9.14. The highest BCUT2D eigenvalue weighted by atomic mass is 16.3. The van der Waals surface area contributed by atoms with Gasteiger partial charge in [-0.25, -0.2) is 0 Å². The smallest absolute Gasteiger partial charge is 0.106 e. The second-order valence-corrected chi connectivity index (χ2v) is 9.14. The van der Waals surface area contributed by atoms with Gasteiger partial charge in [0.15, 0.2) is 0 Å². The fourth-order valence-corrected chi connectivity index (χ4v) is 4.04. The molecule has 0 aliphatic heterocycles. The third kappa shape index (κ3) is 24.0. The molecule has 0 bridgehead atoms. The number of hydrogen-bond donors (Lipinski definition) is 3. The van der Waals surface area contributed by atoms with Gasteiger partial charge in [0.1, 0.15) is 12.5 Å². The van der Waals surface area contributed by atoms with E-state index in [1.54, 1.807) is 0 Å². The maximum Gasteiger partial charge on any atom is 0.106 e. The third-order valence-corrected chi connectivity index (χ3v) is 6.05. The minimum atomic E-state index is -0.554. The highest BCUT2D eigenvalue weighted by Gasteiger charge is 2.09. The van der Waals surface area contributed by atoms with Gasteiger partial charge in [0.25, 0.3) is 0 Å². The molecule has 0 fully saturated rings. The van der Waals surface area contributed by atoms with E-state index in [1.165, 1.54) is 116 Å². The third-order valence-electron chi connectivity index (χ3n) is 6.05. The van der Waals surface area contributed by atoms with Crippen molar-refractivity contribution in [1.82, 2.24) is 5.32 Å². The molecular formula is C26H55NO2. The Morgan fingerprint density at radius 2 is 0.655 bits per heavy atom. The van der Waals surface area contributed by atoms with Crippen LogP contribution in [0.3, 0.4) is 0 Å². The molecule has 0 rings (SSSR count). The second kappa shape index (κ2) is 24.2. The molecule has 0 amide bonds. The molecule has 0 heterocycles. The molecule has 29 heavy (non-hydrogen) atoms. The summed E-state index contributed by atoms with van der Waals surface area (Å²) in [5.41, 5.74) is 0. The molecule has 0 aromatic heterocycles. The molecule has 0 aromatic carbocycles. The molecule has 2 unspecified atom stereocenters. The van der Waals surface area contributed by atoms with Crippen LogP contribution in [0.25, 0.3) is 0 Å². The van der Waals surface area contributed by atoms with E-state index >= 15 is 0 Å². The Morgan fingerprint density at radius 1 is 0.414 bits per heavy atom. The average molecular weight is 414 g/mol. The number of nitrogens with one attached hydrogen (secondary N) is 1. The fraction of sp³-hybridized carbons (Fsp3) is 1.00. The van der Waals surface area contributed by atoms with Crippen molar-refractivity contribution in [2.45, 2.75) is 168 Å². The summed E-state index contributed by atoms with van der Waals surface area (Å²) in [5, 5.41) is 23.0. The summed E-state index contributed by atoms with van der Waals surface area (Å²) in [6.07, 6.45) is 26.6. The molecule has 3 heteroatoms. The molecule has 0 radical (unpaired) electrons. The largest absolute Gasteiger partial charge is 0.379 e. The fourth-order valence-electron chi connectivity index (χ4n) is 4.04. The van der Waals surface area contributed by atoms with Crippen LogP contribution >= 0.6 is 0 Å². The highest BCUT2D eigenvalue weighted by Crippen LogP contribution is 2.13. The quantitative estimate of drug-likeness (QED) is 0.112. The van der Waals surface area contributed by atoms with Crippen molar-refractivity contribution in [3.63, 3.8) is 0 Å². The summed E-state index contributed by atoms with van der Waals surface area (Å²) in [7, 11) is 0. The molecule has 3 N–H and O–H groups in total. The van der Waals surface area contributed by atoms with Crippen molar-refractivity contribution in [2.75, 3.05) is 0 Å². The Bertz CT molecular complexity index is 298. The number of hydrogen-bond acceptors (Lipinski definition) is 3. The zero-order valence-electron chi connectivity index (χ0n) is 20.1. The van der Waals surface area contributed by atoms with E-state index < -0.39 is 12.5 Å². The maximum atomic E-state index is 10.0. The van der Waals surface area contributed by atoms with E-state index in [-0.39, 0.29) is 0 Å². The summed E-state index contributed by atoms with van der Waals surface area (Å²) >= 11 is 0. The first kappa shape index (κ1) is 28.9. The van der Waals surface area contributed by atoms with Gasteiger partial charge in [-0.05, 0) is 25.7 Å². The average Bonchev–Trinajstić information content (AvgIpc) is 2.70. The minimum Gasteiger partial charge on any atom is -0.379 e. The van der Waals surface area contributed by atoms with E-state index in [4.69, 9.17) is 0 Å². The van der Waals surface area contributed by atoms with Gasteiger partial charge in [-0.3, -0.25) is 5.32 Å². The lowest BCUT2D eigenvalue weighted by Crippen LogP contribution is -2.38. The Hall–Kier alpha value is -0.120. The van der Waals surface area contributed by atoms with Gasteiger partial charge < -0.3 is 10.2 Å². The molecule has 0 saturated heterocycles. The molecule has 0 aromatic rings. The van der Waals surface area contributed by atoms with Crippen molar-refractivity contribution >= 4 is 0 Å². The number of unbranched alkanes of at least 4 members (excludes halogenated alkanes) is 18. The van der Waals surface area contributed by atoms with Crippen molar-refractivity contribution in [3.8, 4) is 0 Å². The summed E-state index contributed by atoms with van der Waals surface area (Å²) in [6.45, 7) is 4.53. The van der Waals surface area contributed by atoms with E-state index in [9.17, 15) is 10.2 Å². The van der Waals surface area contributed by atoms with Gasteiger partial charge in [-0.15, -0.1) is 0 Å². The molecule has 3 nitrogen and oxygen atoms in total. The SMILES string of the molecule is CCCCCCCCCCCCCC(O)NC(O)CCCCCCCCCCC. The molecule has 0 aliphatic rings. The standard InChI is InChI=1S/C26H55NO2/c1-3-5-7-9-11-13-14-16-18-20-22-24-26(29)27-25(28)23-21-19-17-15-12-10-8-6-4-2/h25-29H,3-24H2,1-2H3. The van der Waals surface area contributed by atoms with Crippen LogP contribution in [0.2, 0.25) is 0 Å². The van der Waals surface area contributed by atoms with Crippen LogP contribution in [0, 0.1) is 0 Å². The van der Waals surface area contributed by atoms with Gasteiger partial charge in [0, 0.05) is 0 Å². The van der Waals surface area contributed by atoms with Gasteiger partial charge in [0.2, 0.25) is 0 Å². The molecule has 0 spiro atoms. The molecule has 0 aliphatic carbocycles. The maximum absolute atomic E-state index is 10.0. The summed E-state index contributed by atoms with van der Waals surface area (Å²) in [4.78, 5) is 0. The van der Waals surface area contributed by atoms with Gasteiger partial charge in [-0.2, -0.15) is 0 Å². The van der Waals surface area contributed by atoms with Crippen LogP contribution in [-0.2, 0) is 0 Å². The Labute approximate surface area is 183 Å². The Kier molecular flexibility index (Phi) is 24.1. The lowest BCUT2D eigenvalue weighted by atomic mass is 10.0. The van der Waals surface area contributed by atoms with E-state index in [0.29, 0.717) is 0 Å². The molecule has 0 saturated carbocycles. The summed E-state index contributed by atoms with van der Waals surface area (Å²) < 4.78 is 0. The Balaban J connectivity index is 3.29. The zero-order chi connectivity index (χ0) is 21.4. The van der Waals surface area contributed by atoms with Gasteiger partial charge in [-0.1, -0.05) is 129 Å². The normalized spacial score (nSPS) is 13.7. The summed E-state index contributed by atoms with van der Waals surface area (Å²) in [6, 6.07) is 0. The van der Waals surface area contributed by atoms with Crippen molar-refractivity contribution in [3.05, 3.63) is 0 Å². The molecule has 176 valence electrons. The zero-order valence-corrected chi connectivity index (χ0v) is 20.1. The predicted molar refractivity (Wildman–Crippen MR) is 128 cm³/mol. The lowest BCUT2D eigenvalue weighted by Gasteiger charge is -2.18. The molecular weight excluding hydrogens is 358 g/mol. The first-order chi connectivity index (χ1) is 14.2. The van der Waals surface area contributed by atoms with Crippen LogP contribution in [0.5, 0.6) is 0 Å². The lowest BCUT2D eigenvalue weighted by molar-refractivity contribution is 0.0310. The van der Waals surface area contributed by atoms with Gasteiger partial charge >= 0.3 is 0 Å². The van der Waals surface area contributed by atoms with Crippen LogP contribution in [0.4, 0.5) is 0 Å². The minimum absolute atomic E-state index is 0.553. The monoisotopic (exact) mass is 413 g/mol. The number of rotatable bonds is 24. The van der Waals surface area contributed by atoms with Crippen molar-refractivity contribution in [2.24, 2.45) is 0 Å². The Morgan fingerprint density at radius 3 is 0.931 bits per heavy atom. The van der Waals surface area contributed by atoms with Crippen molar-refractivity contribution < 1.29 is 10.2 Å². The number of aliphatic hydroxyl groups excluding tert-OH is 2. The van der Waals surface area contributed by atoms with Crippen LogP contribution in [0.1, 0.15) is 155 Å². The topological polar surface area (TPSA) is 52.5 Å². The van der Waals surface area contributed by atoms with Crippen LogP contribution in [0.15, 0.2) is 0 Å². The van der Waals surface area contributed by atoms with E-state index in [1.807, 2.05) is 0 Å². The van der Waals surface area contributed by atoms with Crippen molar-refractivity contribution in [1.29, 1.82) is 0 Å².